The van der Waals surface area contributed by atoms with Crippen LogP contribution in [0.15, 0.2) is 30.4 Å². The van der Waals surface area contributed by atoms with Gasteiger partial charge >= 0.3 is 6.09 Å². The first-order valence-corrected chi connectivity index (χ1v) is 9.13. The number of H-pyrrole nitrogens is 1. The largest absolute Gasteiger partial charge is 0.511 e. The molecule has 0 aromatic carbocycles. The predicted octanol–water partition coefficient (Wildman–Crippen LogP) is 2.74. The van der Waals surface area contributed by atoms with Gasteiger partial charge in [0.2, 0.25) is 0 Å². The van der Waals surface area contributed by atoms with Crippen molar-refractivity contribution >= 4 is 6.09 Å². The number of nitrogens with one attached hydrogen (secondary N) is 1. The Hall–Kier alpha value is -1.66. The summed E-state index contributed by atoms with van der Waals surface area (Å²) in [6.45, 7) is 7.22. The molecule has 1 aliphatic carbocycles. The molecule has 2 saturated heterocycles. The van der Waals surface area contributed by atoms with Crippen molar-refractivity contribution in [2.24, 2.45) is 5.92 Å². The molecule has 0 radical (unpaired) electrons. The minimum atomic E-state index is -0.333. The van der Waals surface area contributed by atoms with Crippen LogP contribution in [-0.4, -0.2) is 40.7 Å². The lowest BCUT2D eigenvalue weighted by molar-refractivity contribution is -0.376. The first-order chi connectivity index (χ1) is 11.9. The van der Waals surface area contributed by atoms with E-state index in [1.54, 1.807) is 18.7 Å². The Bertz CT molecular complexity index is 676. The Morgan fingerprint density at radius 2 is 2.28 bits per heavy atom. The Morgan fingerprint density at radius 3 is 2.92 bits per heavy atom. The van der Waals surface area contributed by atoms with E-state index in [9.17, 15) is 4.79 Å². The molecule has 1 aromatic rings. The third-order valence-corrected chi connectivity index (χ3v) is 5.97. The van der Waals surface area contributed by atoms with Crippen LogP contribution in [0.4, 0.5) is 4.79 Å². The number of hydrogen-bond donors (Lipinski definition) is 0. The highest BCUT2D eigenvalue weighted by molar-refractivity contribution is 5.69. The number of ether oxygens (including phenoxy) is 3. The maximum Gasteiger partial charge on any atom is 0.511 e. The maximum absolute atomic E-state index is 12.2. The lowest BCUT2D eigenvalue weighted by Crippen LogP contribution is -2.44. The third-order valence-electron chi connectivity index (χ3n) is 5.97. The molecule has 1 N–H and O–H groups in total. The van der Waals surface area contributed by atoms with Crippen LogP contribution in [0.1, 0.15) is 46.5 Å². The first kappa shape index (κ1) is 16.8. The van der Waals surface area contributed by atoms with E-state index >= 15 is 0 Å². The van der Waals surface area contributed by atoms with Gasteiger partial charge < -0.3 is 14.2 Å². The lowest BCUT2D eigenvalue weighted by Gasteiger charge is -2.36. The van der Waals surface area contributed by atoms with Crippen LogP contribution in [-0.2, 0) is 14.2 Å². The van der Waals surface area contributed by atoms with Gasteiger partial charge in [-0.1, -0.05) is 11.6 Å². The summed E-state index contributed by atoms with van der Waals surface area (Å²) in [4.78, 5) is 15.1. The highest BCUT2D eigenvalue weighted by atomic mass is 16.6. The number of nitrogens with zero attached hydrogens (tertiary/aromatic N) is 1. The molecule has 1 aromatic heterocycles. The van der Waals surface area contributed by atoms with Gasteiger partial charge in [0.1, 0.15) is 18.5 Å². The van der Waals surface area contributed by atoms with Crippen molar-refractivity contribution in [2.45, 2.75) is 69.9 Å². The monoisotopic (exact) mass is 347 g/mol. The molecule has 3 aliphatic rings. The third kappa shape index (κ3) is 3.13. The molecular weight excluding hydrogens is 320 g/mol. The summed E-state index contributed by atoms with van der Waals surface area (Å²) in [5.41, 5.74) is 1.09. The van der Waals surface area contributed by atoms with Gasteiger partial charge in [0.05, 0.1) is 23.9 Å². The van der Waals surface area contributed by atoms with Crippen LogP contribution in [0, 0.1) is 5.92 Å². The van der Waals surface area contributed by atoms with Crippen molar-refractivity contribution in [2.75, 3.05) is 6.61 Å². The topological polar surface area (TPSA) is 70.4 Å². The van der Waals surface area contributed by atoms with Crippen molar-refractivity contribution in [3.63, 3.8) is 0 Å². The van der Waals surface area contributed by atoms with Crippen molar-refractivity contribution < 1.29 is 24.0 Å². The van der Waals surface area contributed by atoms with Gasteiger partial charge in [-0.25, -0.2) is 4.98 Å². The van der Waals surface area contributed by atoms with E-state index in [1.807, 2.05) is 0 Å². The van der Waals surface area contributed by atoms with Gasteiger partial charge in [0, 0.05) is 5.92 Å². The second-order valence-electron chi connectivity index (χ2n) is 8.01. The van der Waals surface area contributed by atoms with E-state index < -0.39 is 0 Å². The number of aromatic nitrogens is 2. The number of carbonyl (C=O) groups is 1. The van der Waals surface area contributed by atoms with Gasteiger partial charge in [0.25, 0.3) is 6.33 Å². The average Bonchev–Trinajstić information content (AvgIpc) is 3.40. The molecule has 2 unspecified atom stereocenters. The molecular formula is C19H27N2O4+. The van der Waals surface area contributed by atoms with E-state index in [2.05, 4.69) is 31.8 Å². The minimum absolute atomic E-state index is 0.0569. The van der Waals surface area contributed by atoms with Gasteiger partial charge in [-0.3, -0.25) is 0 Å². The summed E-state index contributed by atoms with van der Waals surface area (Å²) in [5, 5.41) is 0. The number of carbonyl (C=O) groups excluding carboxylic acids is 1. The zero-order chi connectivity index (χ0) is 17.7. The molecule has 3 heterocycles. The van der Waals surface area contributed by atoms with Gasteiger partial charge in [-0.2, -0.15) is 4.79 Å². The fourth-order valence-corrected chi connectivity index (χ4v) is 4.29. The summed E-state index contributed by atoms with van der Waals surface area (Å²) in [6, 6.07) is 0. The number of allylic oxidation sites excluding steroid dienone is 1. The first-order valence-electron chi connectivity index (χ1n) is 9.13. The molecule has 1 spiro atoms. The average molecular weight is 347 g/mol. The summed E-state index contributed by atoms with van der Waals surface area (Å²) >= 11 is 0. The van der Waals surface area contributed by atoms with Crippen molar-refractivity contribution in [1.29, 1.82) is 0 Å². The van der Waals surface area contributed by atoms with E-state index in [0.29, 0.717) is 0 Å². The van der Waals surface area contributed by atoms with Crippen LogP contribution in [0.5, 0.6) is 0 Å². The molecule has 3 fully saturated rings. The Balaban J connectivity index is 1.42. The van der Waals surface area contributed by atoms with Gasteiger partial charge in [-0.05, 0) is 46.5 Å². The maximum atomic E-state index is 12.2. The van der Waals surface area contributed by atoms with Crippen LogP contribution in [0.3, 0.4) is 0 Å². The Labute approximate surface area is 148 Å². The Kier molecular flexibility index (Phi) is 4.00. The van der Waals surface area contributed by atoms with Crippen molar-refractivity contribution in [1.82, 2.24) is 4.57 Å². The predicted molar refractivity (Wildman–Crippen MR) is 90.0 cm³/mol. The van der Waals surface area contributed by atoms with Crippen LogP contribution in [0.2, 0.25) is 0 Å². The zero-order valence-corrected chi connectivity index (χ0v) is 15.2. The highest BCUT2D eigenvalue weighted by Gasteiger charge is 2.68. The van der Waals surface area contributed by atoms with Crippen LogP contribution >= 0.6 is 0 Å². The summed E-state index contributed by atoms with van der Waals surface area (Å²) in [6.07, 6.45) is 10.5. The SMILES string of the molecule is CC(C)=CCC1O[C@]1(C)[C@H]1CC(OC(=O)n2cc[nH+]c2)CC[C@]12CO2. The van der Waals surface area contributed by atoms with Crippen molar-refractivity contribution in [3.8, 4) is 0 Å². The second-order valence-corrected chi connectivity index (χ2v) is 8.01. The summed E-state index contributed by atoms with van der Waals surface area (Å²) in [5.74, 6) is 0.276. The number of epoxide rings is 2. The zero-order valence-electron chi connectivity index (χ0n) is 15.2. The number of imidazole rings is 1. The van der Waals surface area contributed by atoms with Gasteiger partial charge in [0.15, 0.2) is 0 Å². The summed E-state index contributed by atoms with van der Waals surface area (Å²) in [7, 11) is 0. The molecule has 1 saturated carbocycles. The molecule has 6 nitrogen and oxygen atoms in total. The van der Waals surface area contributed by atoms with Crippen LogP contribution < -0.4 is 4.98 Å². The normalized spacial score (nSPS) is 39.1. The molecule has 4 rings (SSSR count). The molecule has 25 heavy (non-hydrogen) atoms. The highest BCUT2D eigenvalue weighted by Crippen LogP contribution is 2.59. The molecule has 2 aliphatic heterocycles. The number of rotatable bonds is 4. The van der Waals surface area contributed by atoms with E-state index in [0.717, 1.165) is 32.3 Å². The standard InChI is InChI=1S/C19H26N2O4/c1-13(2)4-5-16-18(3,25-16)15-10-14(6-7-19(15)11-23-19)24-17(22)21-9-8-20-12-21/h4,8-9,12,14-16H,5-7,10-11H2,1-3H3/p+1/t14?,15-,16?,18-,19+/m1/s1. The smallest absolute Gasteiger partial charge is 0.428 e. The molecule has 0 amide bonds. The molecule has 6 heteroatoms. The lowest BCUT2D eigenvalue weighted by atomic mass is 9.70. The Morgan fingerprint density at radius 1 is 1.48 bits per heavy atom. The van der Waals surface area contributed by atoms with Gasteiger partial charge in [-0.15, -0.1) is 4.57 Å². The number of hydrogen-bond acceptors (Lipinski definition) is 4. The quantitative estimate of drug-likeness (QED) is 0.620. The second kappa shape index (κ2) is 5.95. The molecule has 5 atom stereocenters. The fourth-order valence-electron chi connectivity index (χ4n) is 4.29. The minimum Gasteiger partial charge on any atom is -0.428 e. The van der Waals surface area contributed by atoms with E-state index in [-0.39, 0.29) is 35.4 Å². The van der Waals surface area contributed by atoms with E-state index in [1.165, 1.54) is 10.1 Å². The van der Waals surface area contributed by atoms with Crippen LogP contribution in [0.25, 0.3) is 0 Å². The fraction of sp³-hybridized carbons (Fsp3) is 0.684. The molecule has 0 bridgehead atoms. The molecule has 136 valence electrons. The number of aromatic amines is 1. The van der Waals surface area contributed by atoms with Crippen molar-refractivity contribution in [3.05, 3.63) is 30.4 Å². The summed E-state index contributed by atoms with van der Waals surface area (Å²) < 4.78 is 19.1. The van der Waals surface area contributed by atoms with E-state index in [4.69, 9.17) is 14.2 Å².